The Bertz CT molecular complexity index is 365. The second-order valence-corrected chi connectivity index (χ2v) is 3.28. The van der Waals surface area contributed by atoms with Crippen LogP contribution in [0.25, 0.3) is 6.08 Å². The highest BCUT2D eigenvalue weighted by atomic mass is 16.4. The third-order valence-electron chi connectivity index (χ3n) is 1.99. The summed E-state index contributed by atoms with van der Waals surface area (Å²) in [5.41, 5.74) is 3.34. The van der Waals surface area contributed by atoms with Crippen molar-refractivity contribution in [3.63, 3.8) is 0 Å². The molecule has 74 valence electrons. The first-order chi connectivity index (χ1) is 6.61. The molecule has 1 rings (SSSR count). The van der Waals surface area contributed by atoms with Gasteiger partial charge in [-0.3, -0.25) is 0 Å². The van der Waals surface area contributed by atoms with Crippen molar-refractivity contribution in [2.75, 3.05) is 0 Å². The molecule has 0 atom stereocenters. The summed E-state index contributed by atoms with van der Waals surface area (Å²) in [5.74, 6) is -0.912. The normalized spacial score (nSPS) is 10.7. The van der Waals surface area contributed by atoms with Gasteiger partial charge in [-0.25, -0.2) is 4.79 Å². The summed E-state index contributed by atoms with van der Waals surface area (Å²) in [5, 5.41) is 8.48. The van der Waals surface area contributed by atoms with Gasteiger partial charge in [-0.2, -0.15) is 0 Å². The van der Waals surface area contributed by atoms with Crippen LogP contribution in [0.2, 0.25) is 0 Å². The van der Waals surface area contributed by atoms with E-state index in [0.717, 1.165) is 23.6 Å². The zero-order chi connectivity index (χ0) is 10.6. The van der Waals surface area contributed by atoms with Gasteiger partial charge in [0.25, 0.3) is 0 Å². The number of carboxylic acids is 1. The largest absolute Gasteiger partial charge is 0.478 e. The number of rotatable bonds is 3. The summed E-state index contributed by atoms with van der Waals surface area (Å²) in [7, 11) is 0. The van der Waals surface area contributed by atoms with E-state index in [4.69, 9.17) is 5.11 Å². The molecule has 0 fully saturated rings. The van der Waals surface area contributed by atoms with Gasteiger partial charge in [-0.15, -0.1) is 0 Å². The van der Waals surface area contributed by atoms with Crippen molar-refractivity contribution in [3.8, 4) is 0 Å². The molecule has 1 aromatic carbocycles. The van der Waals surface area contributed by atoms with E-state index in [2.05, 4.69) is 13.0 Å². The summed E-state index contributed by atoms with van der Waals surface area (Å²) in [6.07, 6.45) is 3.75. The number of carboxylic acid groups (broad SMARTS) is 1. The lowest BCUT2D eigenvalue weighted by molar-refractivity contribution is -0.131. The Balaban J connectivity index is 2.97. The average molecular weight is 190 g/mol. The van der Waals surface area contributed by atoms with Gasteiger partial charge < -0.3 is 5.11 Å². The Hall–Kier alpha value is -1.57. The van der Waals surface area contributed by atoms with E-state index < -0.39 is 5.97 Å². The van der Waals surface area contributed by atoms with Gasteiger partial charge in [-0.05, 0) is 30.5 Å². The molecule has 0 heterocycles. The molecule has 14 heavy (non-hydrogen) atoms. The Morgan fingerprint density at radius 1 is 1.43 bits per heavy atom. The van der Waals surface area contributed by atoms with Gasteiger partial charge in [0.05, 0.1) is 0 Å². The summed E-state index contributed by atoms with van der Waals surface area (Å²) in [6.45, 7) is 4.09. The maximum absolute atomic E-state index is 10.3. The van der Waals surface area contributed by atoms with Crippen LogP contribution in [0.1, 0.15) is 23.6 Å². The summed E-state index contributed by atoms with van der Waals surface area (Å²) in [6, 6.07) is 6.09. The fourth-order valence-corrected chi connectivity index (χ4v) is 1.36. The first-order valence-corrected chi connectivity index (χ1v) is 4.63. The third-order valence-corrected chi connectivity index (χ3v) is 1.99. The van der Waals surface area contributed by atoms with Crippen LogP contribution < -0.4 is 0 Å². The molecule has 0 saturated carbocycles. The van der Waals surface area contributed by atoms with Crippen molar-refractivity contribution < 1.29 is 9.90 Å². The number of benzene rings is 1. The maximum Gasteiger partial charge on any atom is 0.328 e. The molecule has 0 radical (unpaired) electrons. The van der Waals surface area contributed by atoms with Crippen molar-refractivity contribution in [3.05, 3.63) is 41.0 Å². The zero-order valence-corrected chi connectivity index (χ0v) is 8.45. The smallest absolute Gasteiger partial charge is 0.328 e. The van der Waals surface area contributed by atoms with Gasteiger partial charge >= 0.3 is 5.97 Å². The van der Waals surface area contributed by atoms with Crippen LogP contribution in [0.5, 0.6) is 0 Å². The molecule has 0 bridgehead atoms. The molecular weight excluding hydrogens is 176 g/mol. The Morgan fingerprint density at radius 2 is 2.14 bits per heavy atom. The zero-order valence-electron chi connectivity index (χ0n) is 8.45. The number of carbonyl (C=O) groups is 1. The lowest BCUT2D eigenvalue weighted by Crippen LogP contribution is -1.88. The first kappa shape index (κ1) is 10.5. The molecule has 0 spiro atoms. The second-order valence-electron chi connectivity index (χ2n) is 3.28. The number of aryl methyl sites for hydroxylation is 2. The third kappa shape index (κ3) is 3.05. The molecule has 0 aliphatic heterocycles. The predicted octanol–water partition coefficient (Wildman–Crippen LogP) is 2.66. The maximum atomic E-state index is 10.3. The number of aliphatic carboxylic acids is 1. The second kappa shape index (κ2) is 4.61. The summed E-state index contributed by atoms with van der Waals surface area (Å²) < 4.78 is 0. The minimum absolute atomic E-state index is 0.912. The highest BCUT2D eigenvalue weighted by Crippen LogP contribution is 2.11. The average Bonchev–Trinajstić information content (AvgIpc) is 2.14. The molecule has 0 unspecified atom stereocenters. The van der Waals surface area contributed by atoms with Crippen LogP contribution in [-0.2, 0) is 11.2 Å². The molecule has 1 N–H and O–H groups in total. The predicted molar refractivity (Wildman–Crippen MR) is 57.2 cm³/mol. The van der Waals surface area contributed by atoms with Crippen LogP contribution in [0.15, 0.2) is 24.3 Å². The van der Waals surface area contributed by atoms with Crippen LogP contribution >= 0.6 is 0 Å². The topological polar surface area (TPSA) is 37.3 Å². The Morgan fingerprint density at radius 3 is 2.71 bits per heavy atom. The molecule has 1 aromatic rings. The van der Waals surface area contributed by atoms with Crippen molar-refractivity contribution >= 4 is 12.0 Å². The number of hydrogen-bond acceptors (Lipinski definition) is 1. The Labute approximate surface area is 83.9 Å². The van der Waals surface area contributed by atoms with E-state index in [1.165, 1.54) is 5.56 Å². The molecule has 0 aromatic heterocycles. The van der Waals surface area contributed by atoms with E-state index in [1.807, 2.05) is 19.1 Å². The van der Waals surface area contributed by atoms with Crippen LogP contribution in [0.3, 0.4) is 0 Å². The molecule has 2 heteroatoms. The highest BCUT2D eigenvalue weighted by molar-refractivity contribution is 5.85. The van der Waals surface area contributed by atoms with Gasteiger partial charge in [0.15, 0.2) is 0 Å². The minimum Gasteiger partial charge on any atom is -0.478 e. The van der Waals surface area contributed by atoms with Crippen LogP contribution in [0, 0.1) is 6.92 Å². The molecule has 0 amide bonds. The summed E-state index contributed by atoms with van der Waals surface area (Å²) in [4.78, 5) is 10.3. The highest BCUT2D eigenvalue weighted by Gasteiger charge is 1.95. The standard InChI is InChI=1S/C12H14O2/c1-3-10-6-9(2)7-11(8-10)4-5-12(13)14/h4-8H,3H2,1-2H3,(H,13,14)/b5-4+. The van der Waals surface area contributed by atoms with E-state index in [0.29, 0.717) is 0 Å². The van der Waals surface area contributed by atoms with Gasteiger partial charge in [0.2, 0.25) is 0 Å². The van der Waals surface area contributed by atoms with Crippen molar-refractivity contribution in [2.24, 2.45) is 0 Å². The molecular formula is C12H14O2. The molecule has 0 aliphatic rings. The molecule has 2 nitrogen and oxygen atoms in total. The van der Waals surface area contributed by atoms with E-state index >= 15 is 0 Å². The SMILES string of the molecule is CCc1cc(C)cc(/C=C/C(=O)O)c1. The van der Waals surface area contributed by atoms with E-state index in [9.17, 15) is 4.79 Å². The van der Waals surface area contributed by atoms with Crippen molar-refractivity contribution in [1.29, 1.82) is 0 Å². The Kier molecular flexibility index (Phi) is 3.46. The van der Waals surface area contributed by atoms with Crippen molar-refractivity contribution in [2.45, 2.75) is 20.3 Å². The van der Waals surface area contributed by atoms with Crippen LogP contribution in [-0.4, -0.2) is 11.1 Å². The monoisotopic (exact) mass is 190 g/mol. The van der Waals surface area contributed by atoms with Gasteiger partial charge in [0, 0.05) is 6.08 Å². The molecule has 0 saturated heterocycles. The summed E-state index contributed by atoms with van der Waals surface area (Å²) >= 11 is 0. The first-order valence-electron chi connectivity index (χ1n) is 4.63. The number of hydrogen-bond donors (Lipinski definition) is 1. The molecule has 0 aliphatic carbocycles. The minimum atomic E-state index is -0.912. The quantitative estimate of drug-likeness (QED) is 0.744. The fourth-order valence-electron chi connectivity index (χ4n) is 1.36. The van der Waals surface area contributed by atoms with E-state index in [-0.39, 0.29) is 0 Å². The lowest BCUT2D eigenvalue weighted by atomic mass is 10.0. The van der Waals surface area contributed by atoms with Crippen LogP contribution in [0.4, 0.5) is 0 Å². The van der Waals surface area contributed by atoms with Gasteiger partial charge in [-0.1, -0.05) is 30.7 Å². The van der Waals surface area contributed by atoms with Crippen molar-refractivity contribution in [1.82, 2.24) is 0 Å². The lowest BCUT2D eigenvalue weighted by Gasteiger charge is -2.01. The van der Waals surface area contributed by atoms with E-state index in [1.54, 1.807) is 6.08 Å². The fraction of sp³-hybridized carbons (Fsp3) is 0.250. The van der Waals surface area contributed by atoms with Gasteiger partial charge in [0.1, 0.15) is 0 Å².